The second kappa shape index (κ2) is 6.12. The van der Waals surface area contributed by atoms with Crippen molar-refractivity contribution in [1.82, 2.24) is 9.55 Å². The molecule has 0 fully saturated rings. The highest BCUT2D eigenvalue weighted by Gasteiger charge is 2.17. The van der Waals surface area contributed by atoms with Gasteiger partial charge in [0.15, 0.2) is 0 Å². The number of nitrogen functional groups attached to an aromatic ring is 1. The molecular weight excluding hydrogens is 425 g/mol. The molecule has 2 aromatic heterocycles. The third-order valence-corrected chi connectivity index (χ3v) is 6.27. The van der Waals surface area contributed by atoms with Gasteiger partial charge in [0.2, 0.25) is 0 Å². The number of aromatic carboxylic acids is 1. The molecule has 0 spiro atoms. The number of carboxylic acids is 1. The van der Waals surface area contributed by atoms with Gasteiger partial charge < -0.3 is 15.4 Å². The standard InChI is InChI=1S/C16H16IN3O2S/c1-8(6-17)20-7-12(18)11-5-10(3-4-13(11)20)15-19-9(2)14(23-15)16(21)22/h3-5,7-8H,6,18H2,1-2H3,(H,21,22). The van der Waals surface area contributed by atoms with E-state index in [-0.39, 0.29) is 4.88 Å². The van der Waals surface area contributed by atoms with Gasteiger partial charge >= 0.3 is 5.97 Å². The summed E-state index contributed by atoms with van der Waals surface area (Å²) in [6, 6.07) is 6.36. The van der Waals surface area contributed by atoms with Crippen LogP contribution in [0.15, 0.2) is 24.4 Å². The Bertz CT molecular complexity index is 900. The van der Waals surface area contributed by atoms with E-state index in [1.807, 2.05) is 24.4 Å². The first-order valence-corrected chi connectivity index (χ1v) is 9.43. The molecule has 120 valence electrons. The highest BCUT2D eigenvalue weighted by atomic mass is 127. The summed E-state index contributed by atoms with van der Waals surface area (Å²) >= 11 is 3.56. The van der Waals surface area contributed by atoms with E-state index in [0.717, 1.165) is 26.6 Å². The van der Waals surface area contributed by atoms with Gasteiger partial charge in [-0.15, -0.1) is 11.3 Å². The number of alkyl halides is 1. The second-order valence-electron chi connectivity index (χ2n) is 5.47. The Morgan fingerprint density at radius 1 is 1.52 bits per heavy atom. The Morgan fingerprint density at radius 2 is 2.26 bits per heavy atom. The maximum absolute atomic E-state index is 11.2. The number of halogens is 1. The van der Waals surface area contributed by atoms with Crippen molar-refractivity contribution in [2.45, 2.75) is 19.9 Å². The van der Waals surface area contributed by atoms with Crippen LogP contribution in [0.2, 0.25) is 0 Å². The molecular formula is C16H16IN3O2S. The monoisotopic (exact) mass is 441 g/mol. The van der Waals surface area contributed by atoms with Gasteiger partial charge in [0.05, 0.1) is 16.9 Å². The first-order valence-electron chi connectivity index (χ1n) is 7.09. The molecule has 0 aliphatic heterocycles. The average Bonchev–Trinajstić information content (AvgIpc) is 3.07. The lowest BCUT2D eigenvalue weighted by Crippen LogP contribution is -2.04. The number of benzene rings is 1. The number of nitrogens with zero attached hydrogens (tertiary/aromatic N) is 2. The van der Waals surface area contributed by atoms with Crippen molar-refractivity contribution >= 4 is 56.5 Å². The molecule has 0 amide bonds. The number of fused-ring (bicyclic) bond motifs is 1. The smallest absolute Gasteiger partial charge is 0.347 e. The van der Waals surface area contributed by atoms with Gasteiger partial charge in [0.25, 0.3) is 0 Å². The number of carboxylic acid groups (broad SMARTS) is 1. The van der Waals surface area contributed by atoms with Crippen LogP contribution in [0.5, 0.6) is 0 Å². The Morgan fingerprint density at radius 3 is 2.87 bits per heavy atom. The molecule has 1 aromatic carbocycles. The van der Waals surface area contributed by atoms with E-state index >= 15 is 0 Å². The molecule has 0 radical (unpaired) electrons. The predicted molar refractivity (Wildman–Crippen MR) is 103 cm³/mol. The maximum Gasteiger partial charge on any atom is 0.347 e. The summed E-state index contributed by atoms with van der Waals surface area (Å²) in [4.78, 5) is 15.9. The minimum absolute atomic E-state index is 0.282. The van der Waals surface area contributed by atoms with Gasteiger partial charge in [-0.05, 0) is 32.0 Å². The molecule has 0 aliphatic rings. The number of aromatic nitrogens is 2. The van der Waals surface area contributed by atoms with Crippen LogP contribution in [0.4, 0.5) is 5.69 Å². The lowest BCUT2D eigenvalue weighted by Gasteiger charge is -2.11. The first-order chi connectivity index (χ1) is 10.9. The van der Waals surface area contributed by atoms with Gasteiger partial charge in [-0.25, -0.2) is 9.78 Å². The summed E-state index contributed by atoms with van der Waals surface area (Å²) < 4.78 is 3.17. The van der Waals surface area contributed by atoms with Crippen LogP contribution in [-0.4, -0.2) is 25.1 Å². The van der Waals surface area contributed by atoms with Crippen molar-refractivity contribution in [3.63, 3.8) is 0 Å². The zero-order valence-corrected chi connectivity index (χ0v) is 15.7. The summed E-state index contributed by atoms with van der Waals surface area (Å²) in [6.45, 7) is 3.87. The van der Waals surface area contributed by atoms with E-state index in [0.29, 0.717) is 16.7 Å². The van der Waals surface area contributed by atoms with E-state index in [4.69, 9.17) is 5.73 Å². The molecule has 7 heteroatoms. The fourth-order valence-electron chi connectivity index (χ4n) is 2.57. The number of aryl methyl sites for hydroxylation is 1. The van der Waals surface area contributed by atoms with Crippen molar-refractivity contribution in [3.05, 3.63) is 35.0 Å². The van der Waals surface area contributed by atoms with E-state index in [2.05, 4.69) is 39.1 Å². The summed E-state index contributed by atoms with van der Waals surface area (Å²) in [5.41, 5.74) is 9.41. The largest absolute Gasteiger partial charge is 0.477 e. The molecule has 0 bridgehead atoms. The van der Waals surface area contributed by atoms with Gasteiger partial charge in [0, 0.05) is 27.6 Å². The maximum atomic E-state index is 11.2. The molecule has 3 rings (SSSR count). The average molecular weight is 441 g/mol. The van der Waals surface area contributed by atoms with Crippen LogP contribution < -0.4 is 5.73 Å². The van der Waals surface area contributed by atoms with E-state index in [9.17, 15) is 9.90 Å². The summed E-state index contributed by atoms with van der Waals surface area (Å²) in [7, 11) is 0. The normalized spacial score (nSPS) is 12.7. The number of carbonyl (C=O) groups is 1. The van der Waals surface area contributed by atoms with Crippen molar-refractivity contribution in [2.75, 3.05) is 10.2 Å². The summed E-state index contributed by atoms with van der Waals surface area (Å²) in [5, 5.41) is 10.9. The Labute approximate surface area is 151 Å². The molecule has 23 heavy (non-hydrogen) atoms. The van der Waals surface area contributed by atoms with Crippen LogP contribution in [0.1, 0.15) is 28.3 Å². The van der Waals surface area contributed by atoms with Gasteiger partial charge in [-0.2, -0.15) is 0 Å². The fourth-order valence-corrected chi connectivity index (χ4v) is 3.90. The topological polar surface area (TPSA) is 81.1 Å². The third kappa shape index (κ3) is 2.83. The molecule has 0 aliphatic carbocycles. The molecule has 5 nitrogen and oxygen atoms in total. The minimum atomic E-state index is -0.936. The van der Waals surface area contributed by atoms with Crippen molar-refractivity contribution in [3.8, 4) is 10.6 Å². The predicted octanol–water partition coefficient (Wildman–Crippen LogP) is 4.35. The van der Waals surface area contributed by atoms with Crippen molar-refractivity contribution in [2.24, 2.45) is 0 Å². The molecule has 0 saturated carbocycles. The molecule has 2 heterocycles. The highest BCUT2D eigenvalue weighted by molar-refractivity contribution is 14.1. The SMILES string of the molecule is Cc1nc(-c2ccc3c(c2)c(N)cn3C(C)CI)sc1C(=O)O. The van der Waals surface area contributed by atoms with Crippen LogP contribution in [0, 0.1) is 6.92 Å². The van der Waals surface area contributed by atoms with Crippen LogP contribution in [0.25, 0.3) is 21.5 Å². The van der Waals surface area contributed by atoms with Crippen LogP contribution >= 0.6 is 33.9 Å². The van der Waals surface area contributed by atoms with Crippen molar-refractivity contribution < 1.29 is 9.90 Å². The number of hydrogen-bond donors (Lipinski definition) is 2. The number of hydrogen-bond acceptors (Lipinski definition) is 4. The number of anilines is 1. The quantitative estimate of drug-likeness (QED) is 0.466. The van der Waals surface area contributed by atoms with E-state index < -0.39 is 5.97 Å². The zero-order valence-electron chi connectivity index (χ0n) is 12.7. The summed E-state index contributed by atoms with van der Waals surface area (Å²) in [5.74, 6) is -0.936. The summed E-state index contributed by atoms with van der Waals surface area (Å²) in [6.07, 6.45) is 1.97. The number of thiazole rings is 1. The second-order valence-corrected chi connectivity index (χ2v) is 7.35. The van der Waals surface area contributed by atoms with Crippen molar-refractivity contribution in [1.29, 1.82) is 0 Å². The Balaban J connectivity index is 2.12. The molecule has 3 N–H and O–H groups in total. The Kier molecular flexibility index (Phi) is 4.33. The zero-order chi connectivity index (χ0) is 16.7. The first kappa shape index (κ1) is 16.3. The third-order valence-electron chi connectivity index (χ3n) is 3.80. The number of nitrogens with two attached hydrogens (primary N) is 1. The molecule has 3 aromatic rings. The van der Waals surface area contributed by atoms with E-state index in [1.54, 1.807) is 6.92 Å². The van der Waals surface area contributed by atoms with Gasteiger partial charge in [-0.3, -0.25) is 0 Å². The molecule has 1 atom stereocenters. The van der Waals surface area contributed by atoms with Crippen LogP contribution in [0.3, 0.4) is 0 Å². The Hall–Kier alpha value is -1.61. The minimum Gasteiger partial charge on any atom is -0.477 e. The van der Waals surface area contributed by atoms with Gasteiger partial charge in [0.1, 0.15) is 9.88 Å². The lowest BCUT2D eigenvalue weighted by atomic mass is 10.1. The highest BCUT2D eigenvalue weighted by Crippen LogP contribution is 2.34. The van der Waals surface area contributed by atoms with Crippen LogP contribution in [-0.2, 0) is 0 Å². The lowest BCUT2D eigenvalue weighted by molar-refractivity contribution is 0.0701. The fraction of sp³-hybridized carbons (Fsp3) is 0.250. The molecule has 1 unspecified atom stereocenters. The number of rotatable bonds is 4. The van der Waals surface area contributed by atoms with E-state index in [1.165, 1.54) is 11.3 Å². The van der Waals surface area contributed by atoms with Gasteiger partial charge in [-0.1, -0.05) is 22.6 Å². The molecule has 0 saturated heterocycles.